The SMILES string of the molecule is CC(=N)c1cc(C(=O)NCCN2C(=O)CSC2=O)sc1NC1CCCCC1. The van der Waals surface area contributed by atoms with Crippen molar-refractivity contribution in [1.82, 2.24) is 10.2 Å². The lowest BCUT2D eigenvalue weighted by atomic mass is 9.95. The van der Waals surface area contributed by atoms with Gasteiger partial charge in [-0.05, 0) is 25.8 Å². The normalized spacial score (nSPS) is 18.0. The van der Waals surface area contributed by atoms with Gasteiger partial charge < -0.3 is 16.0 Å². The molecule has 1 aliphatic heterocycles. The summed E-state index contributed by atoms with van der Waals surface area (Å²) >= 11 is 2.35. The van der Waals surface area contributed by atoms with Crippen LogP contribution in [0.2, 0.25) is 0 Å². The van der Waals surface area contributed by atoms with Crippen LogP contribution in [0, 0.1) is 5.41 Å². The number of amides is 3. The van der Waals surface area contributed by atoms with Gasteiger partial charge in [-0.3, -0.25) is 19.3 Å². The Hall–Kier alpha value is -1.87. The summed E-state index contributed by atoms with van der Waals surface area (Å²) in [6.07, 6.45) is 5.92. The predicted octanol–water partition coefficient (Wildman–Crippen LogP) is 3.31. The molecule has 3 amide bonds. The van der Waals surface area contributed by atoms with E-state index in [0.29, 0.717) is 16.6 Å². The van der Waals surface area contributed by atoms with Gasteiger partial charge in [0.05, 0.1) is 15.6 Å². The predicted molar refractivity (Wildman–Crippen MR) is 109 cm³/mol. The zero-order chi connectivity index (χ0) is 19.4. The van der Waals surface area contributed by atoms with Crippen molar-refractivity contribution in [1.29, 1.82) is 5.41 Å². The summed E-state index contributed by atoms with van der Waals surface area (Å²) < 4.78 is 0. The summed E-state index contributed by atoms with van der Waals surface area (Å²) in [5.74, 6) is -0.280. The number of thioether (sulfide) groups is 1. The molecular formula is C18H24N4O3S2. The molecule has 0 bridgehead atoms. The summed E-state index contributed by atoms with van der Waals surface area (Å²) in [6, 6.07) is 2.14. The van der Waals surface area contributed by atoms with Gasteiger partial charge in [-0.25, -0.2) is 0 Å². The summed E-state index contributed by atoms with van der Waals surface area (Å²) in [5, 5.41) is 14.9. The van der Waals surface area contributed by atoms with E-state index in [-0.39, 0.29) is 35.9 Å². The van der Waals surface area contributed by atoms with Crippen molar-refractivity contribution in [3.05, 3.63) is 16.5 Å². The molecule has 3 rings (SSSR count). The summed E-state index contributed by atoms with van der Waals surface area (Å²) in [4.78, 5) is 37.3. The topological polar surface area (TPSA) is 102 Å². The molecule has 27 heavy (non-hydrogen) atoms. The number of carbonyl (C=O) groups is 3. The van der Waals surface area contributed by atoms with Crippen molar-refractivity contribution >= 4 is 50.9 Å². The van der Waals surface area contributed by atoms with Crippen molar-refractivity contribution in [3.8, 4) is 0 Å². The van der Waals surface area contributed by atoms with Crippen molar-refractivity contribution in [2.24, 2.45) is 0 Å². The number of nitrogens with one attached hydrogen (secondary N) is 3. The van der Waals surface area contributed by atoms with Crippen LogP contribution in [0.1, 0.15) is 54.3 Å². The molecule has 1 aromatic rings. The van der Waals surface area contributed by atoms with E-state index in [0.717, 1.165) is 35.2 Å². The van der Waals surface area contributed by atoms with Crippen LogP contribution in [-0.2, 0) is 4.79 Å². The third-order valence-corrected chi connectivity index (χ3v) is 6.69. The number of hydrogen-bond acceptors (Lipinski definition) is 7. The number of imide groups is 1. The van der Waals surface area contributed by atoms with Gasteiger partial charge in [-0.2, -0.15) is 0 Å². The van der Waals surface area contributed by atoms with Gasteiger partial charge in [0.25, 0.3) is 11.1 Å². The number of hydrogen-bond donors (Lipinski definition) is 3. The van der Waals surface area contributed by atoms with E-state index in [2.05, 4.69) is 10.6 Å². The summed E-state index contributed by atoms with van der Waals surface area (Å²) in [5.41, 5.74) is 1.19. The molecule has 0 atom stereocenters. The zero-order valence-corrected chi connectivity index (χ0v) is 16.9. The molecule has 0 aromatic carbocycles. The lowest BCUT2D eigenvalue weighted by Gasteiger charge is -2.23. The van der Waals surface area contributed by atoms with E-state index in [4.69, 9.17) is 5.41 Å². The van der Waals surface area contributed by atoms with Crippen LogP contribution < -0.4 is 10.6 Å². The highest BCUT2D eigenvalue weighted by Gasteiger charge is 2.29. The molecule has 7 nitrogen and oxygen atoms in total. The quantitative estimate of drug-likeness (QED) is 0.601. The Morgan fingerprint density at radius 1 is 1.30 bits per heavy atom. The maximum atomic E-state index is 12.5. The Bertz CT molecular complexity index is 740. The minimum Gasteiger partial charge on any atom is -0.374 e. The number of carbonyl (C=O) groups excluding carboxylic acids is 3. The molecule has 1 saturated carbocycles. The molecular weight excluding hydrogens is 384 g/mol. The average molecular weight is 409 g/mol. The summed E-state index contributed by atoms with van der Waals surface area (Å²) in [7, 11) is 0. The van der Waals surface area contributed by atoms with E-state index in [9.17, 15) is 14.4 Å². The Kier molecular flexibility index (Phi) is 6.54. The van der Waals surface area contributed by atoms with Crippen LogP contribution in [0.5, 0.6) is 0 Å². The molecule has 9 heteroatoms. The Morgan fingerprint density at radius 3 is 2.67 bits per heavy atom. The lowest BCUT2D eigenvalue weighted by molar-refractivity contribution is -0.124. The zero-order valence-electron chi connectivity index (χ0n) is 15.3. The summed E-state index contributed by atoms with van der Waals surface area (Å²) in [6.45, 7) is 2.13. The van der Waals surface area contributed by atoms with Crippen LogP contribution in [0.15, 0.2) is 6.07 Å². The standard InChI is InChI=1S/C18H24N4O3S2/c1-11(19)13-9-14(27-17(13)21-12-5-3-2-4-6-12)16(24)20-7-8-22-15(23)10-26-18(22)25/h9,12,19,21H,2-8,10H2,1H3,(H,20,24). The second-order valence-electron chi connectivity index (χ2n) is 6.81. The largest absolute Gasteiger partial charge is 0.374 e. The van der Waals surface area contributed by atoms with E-state index >= 15 is 0 Å². The molecule has 2 fully saturated rings. The molecule has 1 saturated heterocycles. The van der Waals surface area contributed by atoms with Gasteiger partial charge in [0.15, 0.2) is 0 Å². The monoisotopic (exact) mass is 408 g/mol. The Morgan fingerprint density at radius 2 is 2.04 bits per heavy atom. The molecule has 0 spiro atoms. The third kappa shape index (κ3) is 4.90. The number of thiophene rings is 1. The average Bonchev–Trinajstić information content (AvgIpc) is 3.21. The molecule has 0 unspecified atom stereocenters. The van der Waals surface area contributed by atoms with E-state index in [1.807, 2.05) is 0 Å². The van der Waals surface area contributed by atoms with Gasteiger partial charge in [-0.15, -0.1) is 11.3 Å². The van der Waals surface area contributed by atoms with Gasteiger partial charge >= 0.3 is 0 Å². The molecule has 146 valence electrons. The van der Waals surface area contributed by atoms with E-state index in [1.165, 1.54) is 35.5 Å². The number of nitrogens with zero attached hydrogens (tertiary/aromatic N) is 1. The van der Waals surface area contributed by atoms with E-state index < -0.39 is 0 Å². The van der Waals surface area contributed by atoms with Gasteiger partial charge in [0, 0.05) is 30.4 Å². The maximum absolute atomic E-state index is 12.5. The second-order valence-corrected chi connectivity index (χ2v) is 8.79. The van der Waals surface area contributed by atoms with Crippen LogP contribution in [0.4, 0.5) is 9.80 Å². The fraction of sp³-hybridized carbons (Fsp3) is 0.556. The first-order valence-corrected chi connectivity index (χ1v) is 11.0. The highest BCUT2D eigenvalue weighted by molar-refractivity contribution is 8.14. The Balaban J connectivity index is 1.60. The van der Waals surface area contributed by atoms with Gasteiger partial charge in [-0.1, -0.05) is 31.0 Å². The van der Waals surface area contributed by atoms with Crippen molar-refractivity contribution < 1.29 is 14.4 Å². The van der Waals surface area contributed by atoms with E-state index in [1.54, 1.807) is 13.0 Å². The van der Waals surface area contributed by atoms with Gasteiger partial charge in [0.2, 0.25) is 5.91 Å². The minimum atomic E-state index is -0.258. The van der Waals surface area contributed by atoms with Gasteiger partial charge in [0.1, 0.15) is 0 Å². The van der Waals surface area contributed by atoms with Crippen LogP contribution in [0.3, 0.4) is 0 Å². The highest BCUT2D eigenvalue weighted by atomic mass is 32.2. The molecule has 1 aromatic heterocycles. The highest BCUT2D eigenvalue weighted by Crippen LogP contribution is 2.31. The number of rotatable bonds is 7. The second kappa shape index (κ2) is 8.88. The fourth-order valence-corrected chi connectivity index (χ4v) is 5.15. The smallest absolute Gasteiger partial charge is 0.288 e. The molecule has 2 heterocycles. The molecule has 3 N–H and O–H groups in total. The third-order valence-electron chi connectivity index (χ3n) is 4.76. The molecule has 0 radical (unpaired) electrons. The first-order valence-electron chi connectivity index (χ1n) is 9.17. The van der Waals surface area contributed by atoms with Crippen LogP contribution in [0.25, 0.3) is 0 Å². The maximum Gasteiger partial charge on any atom is 0.288 e. The van der Waals surface area contributed by atoms with Crippen molar-refractivity contribution in [3.63, 3.8) is 0 Å². The first-order chi connectivity index (χ1) is 13.0. The number of anilines is 1. The Labute approximate surface area is 166 Å². The van der Waals surface area contributed by atoms with Crippen molar-refractivity contribution in [2.45, 2.75) is 45.1 Å². The molecule has 1 aliphatic carbocycles. The van der Waals surface area contributed by atoms with Crippen LogP contribution in [-0.4, -0.2) is 52.5 Å². The lowest BCUT2D eigenvalue weighted by Crippen LogP contribution is -2.37. The first kappa shape index (κ1) is 19.9. The molecule has 2 aliphatic rings. The minimum absolute atomic E-state index is 0.176. The fourth-order valence-electron chi connectivity index (χ4n) is 3.29. The van der Waals surface area contributed by atoms with Crippen LogP contribution >= 0.6 is 23.1 Å². The van der Waals surface area contributed by atoms with Crippen molar-refractivity contribution in [2.75, 3.05) is 24.2 Å².